The molecule has 1 rings (SSSR count). The molecule has 1 aromatic rings. The van der Waals surface area contributed by atoms with Crippen LogP contribution in [0.4, 0.5) is 5.82 Å². The van der Waals surface area contributed by atoms with Crippen LogP contribution in [0.3, 0.4) is 0 Å². The maximum Gasteiger partial charge on any atom is 0.303 e. The highest BCUT2D eigenvalue weighted by Gasteiger charge is 2.09. The molecule has 17 heavy (non-hydrogen) atoms. The number of nitriles is 1. The molecule has 5 heteroatoms. The van der Waals surface area contributed by atoms with Gasteiger partial charge in [0.15, 0.2) is 0 Å². The van der Waals surface area contributed by atoms with Gasteiger partial charge in [-0.3, -0.25) is 4.79 Å². The van der Waals surface area contributed by atoms with E-state index in [0.717, 1.165) is 5.69 Å². The summed E-state index contributed by atoms with van der Waals surface area (Å²) in [6.45, 7) is 3.71. The first-order chi connectivity index (χ1) is 8.02. The van der Waals surface area contributed by atoms with Gasteiger partial charge in [-0.15, -0.1) is 0 Å². The minimum Gasteiger partial charge on any atom is -0.481 e. The second-order valence-electron chi connectivity index (χ2n) is 3.94. The number of anilines is 1. The van der Waals surface area contributed by atoms with Gasteiger partial charge in [-0.1, -0.05) is 0 Å². The van der Waals surface area contributed by atoms with Crippen LogP contribution in [-0.2, 0) is 4.79 Å². The average molecular weight is 233 g/mol. The molecule has 0 amide bonds. The van der Waals surface area contributed by atoms with Gasteiger partial charge in [-0.2, -0.15) is 5.26 Å². The quantitative estimate of drug-likeness (QED) is 0.811. The molecule has 90 valence electrons. The number of aliphatic carboxylic acids is 1. The number of carboxylic acids is 1. The van der Waals surface area contributed by atoms with Crippen molar-refractivity contribution in [2.24, 2.45) is 0 Å². The first-order valence-corrected chi connectivity index (χ1v) is 5.39. The predicted octanol–water partition coefficient (Wildman–Crippen LogP) is 1.93. The van der Waals surface area contributed by atoms with E-state index in [0.29, 0.717) is 17.8 Å². The van der Waals surface area contributed by atoms with Crippen LogP contribution in [0.15, 0.2) is 12.1 Å². The van der Waals surface area contributed by atoms with Crippen molar-refractivity contribution in [1.29, 1.82) is 5.26 Å². The molecule has 0 aliphatic carbocycles. The van der Waals surface area contributed by atoms with Crippen molar-refractivity contribution in [2.45, 2.75) is 32.7 Å². The molecule has 0 fully saturated rings. The Morgan fingerprint density at radius 1 is 1.65 bits per heavy atom. The summed E-state index contributed by atoms with van der Waals surface area (Å²) in [5.41, 5.74) is 1.29. The number of aryl methyl sites for hydroxylation is 1. The van der Waals surface area contributed by atoms with Crippen LogP contribution in [0, 0.1) is 18.3 Å². The Bertz CT molecular complexity index is 452. The number of pyridine rings is 1. The number of carbonyl (C=O) groups is 1. The van der Waals surface area contributed by atoms with Gasteiger partial charge in [-0.25, -0.2) is 4.98 Å². The smallest absolute Gasteiger partial charge is 0.303 e. The van der Waals surface area contributed by atoms with Crippen molar-refractivity contribution in [3.8, 4) is 6.07 Å². The van der Waals surface area contributed by atoms with Gasteiger partial charge in [0.25, 0.3) is 0 Å². The van der Waals surface area contributed by atoms with E-state index in [1.54, 1.807) is 12.1 Å². The van der Waals surface area contributed by atoms with Gasteiger partial charge in [0, 0.05) is 18.2 Å². The molecule has 0 bridgehead atoms. The fourth-order valence-electron chi connectivity index (χ4n) is 1.40. The number of aromatic nitrogens is 1. The van der Waals surface area contributed by atoms with Crippen molar-refractivity contribution in [3.63, 3.8) is 0 Å². The molecule has 1 atom stereocenters. The number of rotatable bonds is 5. The lowest BCUT2D eigenvalue weighted by Gasteiger charge is -2.14. The monoisotopic (exact) mass is 233 g/mol. The minimum atomic E-state index is -0.823. The topological polar surface area (TPSA) is 86.0 Å². The van der Waals surface area contributed by atoms with Crippen LogP contribution in [0.2, 0.25) is 0 Å². The highest BCUT2D eigenvalue weighted by Crippen LogP contribution is 2.14. The molecule has 0 radical (unpaired) electrons. The van der Waals surface area contributed by atoms with Crippen molar-refractivity contribution < 1.29 is 9.90 Å². The molecule has 2 N–H and O–H groups in total. The standard InChI is InChI=1S/C12H15N3O2/c1-8-3-5-10(7-13)12(14-8)15-9(2)4-6-11(16)17/h3,5,9H,4,6H2,1-2H3,(H,14,15)(H,16,17). The summed E-state index contributed by atoms with van der Waals surface area (Å²) in [7, 11) is 0. The van der Waals surface area contributed by atoms with Crippen molar-refractivity contribution >= 4 is 11.8 Å². The Balaban J connectivity index is 2.70. The van der Waals surface area contributed by atoms with Crippen LogP contribution >= 0.6 is 0 Å². The lowest BCUT2D eigenvalue weighted by atomic mass is 10.1. The minimum absolute atomic E-state index is 0.0347. The van der Waals surface area contributed by atoms with Crippen LogP contribution in [0.5, 0.6) is 0 Å². The molecule has 1 heterocycles. The Labute approximate surface area is 100 Å². The summed E-state index contributed by atoms with van der Waals surface area (Å²) in [4.78, 5) is 14.7. The SMILES string of the molecule is Cc1ccc(C#N)c(NC(C)CCC(=O)O)n1. The third kappa shape index (κ3) is 4.11. The average Bonchev–Trinajstić information content (AvgIpc) is 2.27. The van der Waals surface area contributed by atoms with E-state index >= 15 is 0 Å². The van der Waals surface area contributed by atoms with Crippen LogP contribution < -0.4 is 5.32 Å². The normalized spacial score (nSPS) is 11.6. The Kier molecular flexibility index (Phi) is 4.46. The molecular formula is C12H15N3O2. The number of hydrogen-bond donors (Lipinski definition) is 2. The van der Waals surface area contributed by atoms with Gasteiger partial charge in [0.05, 0.1) is 5.56 Å². The fraction of sp³-hybridized carbons (Fsp3) is 0.417. The van der Waals surface area contributed by atoms with E-state index in [1.807, 2.05) is 13.8 Å². The lowest BCUT2D eigenvalue weighted by molar-refractivity contribution is -0.137. The highest BCUT2D eigenvalue weighted by atomic mass is 16.4. The van der Waals surface area contributed by atoms with Gasteiger partial charge < -0.3 is 10.4 Å². The summed E-state index contributed by atoms with van der Waals surface area (Å²) in [6, 6.07) is 5.49. The van der Waals surface area contributed by atoms with E-state index < -0.39 is 5.97 Å². The number of nitrogens with one attached hydrogen (secondary N) is 1. The summed E-state index contributed by atoms with van der Waals surface area (Å²) in [5.74, 6) is -0.304. The van der Waals surface area contributed by atoms with E-state index in [-0.39, 0.29) is 12.5 Å². The number of hydrogen-bond acceptors (Lipinski definition) is 4. The zero-order valence-corrected chi connectivity index (χ0v) is 9.90. The van der Waals surface area contributed by atoms with E-state index in [9.17, 15) is 4.79 Å². The Hall–Kier alpha value is -2.09. The van der Waals surface area contributed by atoms with Crippen molar-refractivity contribution in [1.82, 2.24) is 4.98 Å². The molecule has 1 unspecified atom stereocenters. The fourth-order valence-corrected chi connectivity index (χ4v) is 1.40. The molecule has 5 nitrogen and oxygen atoms in total. The highest BCUT2D eigenvalue weighted by molar-refractivity contribution is 5.66. The second kappa shape index (κ2) is 5.85. The molecule has 0 saturated heterocycles. The van der Waals surface area contributed by atoms with E-state index in [4.69, 9.17) is 10.4 Å². The lowest BCUT2D eigenvalue weighted by Crippen LogP contribution is -2.18. The van der Waals surface area contributed by atoms with Crippen LogP contribution in [0.1, 0.15) is 31.0 Å². The van der Waals surface area contributed by atoms with E-state index in [2.05, 4.69) is 16.4 Å². The molecule has 0 saturated carbocycles. The second-order valence-corrected chi connectivity index (χ2v) is 3.94. The van der Waals surface area contributed by atoms with Crippen LogP contribution in [-0.4, -0.2) is 22.1 Å². The van der Waals surface area contributed by atoms with Gasteiger partial charge in [0.2, 0.25) is 0 Å². The summed E-state index contributed by atoms with van der Waals surface area (Å²) >= 11 is 0. The Morgan fingerprint density at radius 3 is 2.94 bits per heavy atom. The molecule has 0 aromatic carbocycles. The van der Waals surface area contributed by atoms with Crippen LogP contribution in [0.25, 0.3) is 0 Å². The third-order valence-corrected chi connectivity index (χ3v) is 2.33. The third-order valence-electron chi connectivity index (χ3n) is 2.33. The predicted molar refractivity (Wildman–Crippen MR) is 63.6 cm³/mol. The van der Waals surface area contributed by atoms with E-state index in [1.165, 1.54) is 0 Å². The Morgan fingerprint density at radius 2 is 2.35 bits per heavy atom. The molecule has 0 aliphatic heterocycles. The van der Waals surface area contributed by atoms with Gasteiger partial charge >= 0.3 is 5.97 Å². The summed E-state index contributed by atoms with van der Waals surface area (Å²) < 4.78 is 0. The zero-order valence-electron chi connectivity index (χ0n) is 9.90. The molecule has 1 aromatic heterocycles. The first-order valence-electron chi connectivity index (χ1n) is 5.39. The summed E-state index contributed by atoms with van der Waals surface area (Å²) in [5, 5.41) is 20.6. The van der Waals surface area contributed by atoms with Crippen molar-refractivity contribution in [2.75, 3.05) is 5.32 Å². The maximum atomic E-state index is 10.4. The number of nitrogens with zero attached hydrogens (tertiary/aromatic N) is 2. The molecule has 0 spiro atoms. The maximum absolute atomic E-state index is 10.4. The number of carboxylic acid groups (broad SMARTS) is 1. The summed E-state index contributed by atoms with van der Waals surface area (Å²) in [6.07, 6.45) is 0.595. The van der Waals surface area contributed by atoms with Gasteiger partial charge in [-0.05, 0) is 32.4 Å². The molecular weight excluding hydrogens is 218 g/mol. The molecule has 0 aliphatic rings. The van der Waals surface area contributed by atoms with Gasteiger partial charge in [0.1, 0.15) is 11.9 Å². The first kappa shape index (κ1) is 13.0. The van der Waals surface area contributed by atoms with Crippen molar-refractivity contribution in [3.05, 3.63) is 23.4 Å². The zero-order chi connectivity index (χ0) is 12.8. The largest absolute Gasteiger partial charge is 0.481 e.